The second kappa shape index (κ2) is 3.06. The topological polar surface area (TPSA) is 80.7 Å². The van der Waals surface area contributed by atoms with Crippen molar-refractivity contribution in [1.29, 1.82) is 0 Å². The molecule has 3 N–H and O–H groups in total. The number of fused-ring (bicyclic) bond motifs is 1. The highest BCUT2D eigenvalue weighted by molar-refractivity contribution is 5.84. The van der Waals surface area contributed by atoms with Crippen LogP contribution in [0.3, 0.4) is 0 Å². The molecule has 0 atom stereocenters. The lowest BCUT2D eigenvalue weighted by molar-refractivity contribution is 0.588. The lowest BCUT2D eigenvalue weighted by atomic mass is 10.2. The van der Waals surface area contributed by atoms with Gasteiger partial charge >= 0.3 is 6.01 Å². The SMILES string of the molecule is Nc1nnc(-c2cc3ccc(F)cc3[nH]2)o1. The minimum Gasteiger partial charge on any atom is -0.402 e. The number of nitrogen functional groups attached to an aromatic ring is 1. The van der Waals surface area contributed by atoms with Crippen molar-refractivity contribution in [2.45, 2.75) is 0 Å². The smallest absolute Gasteiger partial charge is 0.313 e. The summed E-state index contributed by atoms with van der Waals surface area (Å²) in [6, 6.07) is 6.26. The summed E-state index contributed by atoms with van der Waals surface area (Å²) >= 11 is 0. The summed E-state index contributed by atoms with van der Waals surface area (Å²) in [6.07, 6.45) is 0. The molecule has 0 saturated heterocycles. The fourth-order valence-corrected chi connectivity index (χ4v) is 1.56. The standard InChI is InChI=1S/C10H7FN4O/c11-6-2-1-5-3-8(13-7(5)4-6)9-14-15-10(12)16-9/h1-4,13H,(H2,12,15). The van der Waals surface area contributed by atoms with Crippen LogP contribution < -0.4 is 5.73 Å². The molecule has 0 radical (unpaired) electrons. The first-order valence-corrected chi connectivity index (χ1v) is 4.60. The van der Waals surface area contributed by atoms with Gasteiger partial charge in [-0.05, 0) is 24.3 Å². The average molecular weight is 218 g/mol. The highest BCUT2D eigenvalue weighted by atomic mass is 19.1. The zero-order chi connectivity index (χ0) is 11.1. The normalized spacial score (nSPS) is 11.1. The predicted molar refractivity (Wildman–Crippen MR) is 56.0 cm³/mol. The highest BCUT2D eigenvalue weighted by Gasteiger charge is 2.09. The van der Waals surface area contributed by atoms with Crippen molar-refractivity contribution in [3.8, 4) is 11.6 Å². The number of halogens is 1. The van der Waals surface area contributed by atoms with E-state index in [-0.39, 0.29) is 17.7 Å². The monoisotopic (exact) mass is 218 g/mol. The van der Waals surface area contributed by atoms with E-state index in [0.717, 1.165) is 5.39 Å². The maximum absolute atomic E-state index is 13.0. The zero-order valence-electron chi connectivity index (χ0n) is 8.07. The van der Waals surface area contributed by atoms with Crippen LogP contribution in [0.15, 0.2) is 28.7 Å². The molecular weight excluding hydrogens is 211 g/mol. The summed E-state index contributed by atoms with van der Waals surface area (Å²) in [7, 11) is 0. The summed E-state index contributed by atoms with van der Waals surface area (Å²) < 4.78 is 18.0. The Bertz CT molecular complexity index is 658. The van der Waals surface area contributed by atoms with Crippen LogP contribution in [0, 0.1) is 5.82 Å². The molecule has 16 heavy (non-hydrogen) atoms. The number of nitrogens with zero attached hydrogens (tertiary/aromatic N) is 2. The number of benzene rings is 1. The average Bonchev–Trinajstić information content (AvgIpc) is 2.83. The molecule has 0 saturated carbocycles. The molecule has 1 aromatic carbocycles. The molecule has 0 aliphatic carbocycles. The number of rotatable bonds is 1. The van der Waals surface area contributed by atoms with E-state index < -0.39 is 0 Å². The third-order valence-corrected chi connectivity index (χ3v) is 2.26. The van der Waals surface area contributed by atoms with Crippen molar-refractivity contribution in [3.05, 3.63) is 30.1 Å². The molecular formula is C10H7FN4O. The Hall–Kier alpha value is -2.37. The van der Waals surface area contributed by atoms with E-state index in [9.17, 15) is 4.39 Å². The Morgan fingerprint density at radius 3 is 2.88 bits per heavy atom. The fraction of sp³-hybridized carbons (Fsp3) is 0. The molecule has 0 aliphatic heterocycles. The van der Waals surface area contributed by atoms with Gasteiger partial charge in [-0.1, -0.05) is 5.10 Å². The predicted octanol–water partition coefficient (Wildman–Crippen LogP) is 1.94. The van der Waals surface area contributed by atoms with Gasteiger partial charge in [-0.3, -0.25) is 0 Å². The quantitative estimate of drug-likeness (QED) is 0.654. The molecule has 5 nitrogen and oxygen atoms in total. The van der Waals surface area contributed by atoms with E-state index in [1.807, 2.05) is 0 Å². The molecule has 0 unspecified atom stereocenters. The number of H-pyrrole nitrogens is 1. The van der Waals surface area contributed by atoms with Crippen LogP contribution in [0.5, 0.6) is 0 Å². The summed E-state index contributed by atoms with van der Waals surface area (Å²) in [5, 5.41) is 8.15. The molecule has 0 fully saturated rings. The van der Waals surface area contributed by atoms with Gasteiger partial charge < -0.3 is 15.1 Å². The van der Waals surface area contributed by atoms with Crippen molar-refractivity contribution in [2.75, 3.05) is 5.73 Å². The molecule has 0 spiro atoms. The number of nitrogens with two attached hydrogens (primary N) is 1. The third kappa shape index (κ3) is 1.31. The van der Waals surface area contributed by atoms with Gasteiger partial charge in [0, 0.05) is 10.9 Å². The minimum atomic E-state index is -0.300. The van der Waals surface area contributed by atoms with Gasteiger partial charge in [0.15, 0.2) is 0 Å². The van der Waals surface area contributed by atoms with Crippen LogP contribution in [0.4, 0.5) is 10.4 Å². The van der Waals surface area contributed by atoms with Crippen molar-refractivity contribution < 1.29 is 8.81 Å². The van der Waals surface area contributed by atoms with E-state index in [4.69, 9.17) is 10.2 Å². The van der Waals surface area contributed by atoms with E-state index in [1.54, 1.807) is 12.1 Å². The molecule has 2 aromatic heterocycles. The molecule has 3 rings (SSSR count). The molecule has 0 bridgehead atoms. The molecule has 6 heteroatoms. The largest absolute Gasteiger partial charge is 0.402 e. The second-order valence-corrected chi connectivity index (χ2v) is 3.36. The second-order valence-electron chi connectivity index (χ2n) is 3.36. The first kappa shape index (κ1) is 8.90. The maximum Gasteiger partial charge on any atom is 0.313 e. The number of nitrogens with one attached hydrogen (secondary N) is 1. The molecule has 0 amide bonds. The number of aromatic amines is 1. The van der Waals surface area contributed by atoms with Crippen LogP contribution in [0.1, 0.15) is 0 Å². The minimum absolute atomic E-state index is 0.000151. The summed E-state index contributed by atoms with van der Waals surface area (Å²) in [5.74, 6) is -0.0138. The number of hydrogen-bond acceptors (Lipinski definition) is 4. The Balaban J connectivity index is 2.18. The van der Waals surface area contributed by atoms with Gasteiger partial charge in [0.2, 0.25) is 0 Å². The number of hydrogen-bond donors (Lipinski definition) is 2. The lowest BCUT2D eigenvalue weighted by Crippen LogP contribution is -1.81. The van der Waals surface area contributed by atoms with E-state index in [1.165, 1.54) is 12.1 Å². The van der Waals surface area contributed by atoms with E-state index in [2.05, 4.69) is 15.2 Å². The van der Waals surface area contributed by atoms with Crippen LogP contribution in [0.2, 0.25) is 0 Å². The Morgan fingerprint density at radius 2 is 2.12 bits per heavy atom. The van der Waals surface area contributed by atoms with Gasteiger partial charge in [0.25, 0.3) is 5.89 Å². The molecule has 3 aromatic rings. The van der Waals surface area contributed by atoms with Crippen LogP contribution in [-0.2, 0) is 0 Å². The first-order valence-electron chi connectivity index (χ1n) is 4.60. The van der Waals surface area contributed by atoms with Crippen molar-refractivity contribution in [3.63, 3.8) is 0 Å². The van der Waals surface area contributed by atoms with Crippen molar-refractivity contribution in [2.24, 2.45) is 0 Å². The fourth-order valence-electron chi connectivity index (χ4n) is 1.56. The number of aromatic nitrogens is 3. The van der Waals surface area contributed by atoms with Gasteiger partial charge in [-0.25, -0.2) is 4.39 Å². The molecule has 0 aliphatic rings. The van der Waals surface area contributed by atoms with Gasteiger partial charge in [-0.15, -0.1) is 5.10 Å². The lowest BCUT2D eigenvalue weighted by Gasteiger charge is -1.88. The number of anilines is 1. The first-order chi connectivity index (χ1) is 7.72. The van der Waals surface area contributed by atoms with Gasteiger partial charge in [-0.2, -0.15) is 0 Å². The van der Waals surface area contributed by atoms with Crippen LogP contribution in [-0.4, -0.2) is 15.2 Å². The van der Waals surface area contributed by atoms with E-state index >= 15 is 0 Å². The van der Waals surface area contributed by atoms with Crippen molar-refractivity contribution >= 4 is 16.9 Å². The Morgan fingerprint density at radius 1 is 1.25 bits per heavy atom. The Kier molecular flexibility index (Phi) is 1.70. The highest BCUT2D eigenvalue weighted by Crippen LogP contribution is 2.23. The summed E-state index contributed by atoms with van der Waals surface area (Å²) in [5.41, 5.74) is 6.61. The third-order valence-electron chi connectivity index (χ3n) is 2.26. The zero-order valence-corrected chi connectivity index (χ0v) is 8.07. The maximum atomic E-state index is 13.0. The Labute approximate surface area is 89.1 Å². The van der Waals surface area contributed by atoms with Crippen LogP contribution in [0.25, 0.3) is 22.5 Å². The van der Waals surface area contributed by atoms with Gasteiger partial charge in [0.1, 0.15) is 11.5 Å². The molecule has 80 valence electrons. The summed E-state index contributed by atoms with van der Waals surface area (Å²) in [4.78, 5) is 2.97. The van der Waals surface area contributed by atoms with Crippen molar-refractivity contribution in [1.82, 2.24) is 15.2 Å². The van der Waals surface area contributed by atoms with Gasteiger partial charge in [0.05, 0.1) is 0 Å². The van der Waals surface area contributed by atoms with E-state index in [0.29, 0.717) is 11.2 Å². The molecule has 2 heterocycles. The summed E-state index contributed by atoms with van der Waals surface area (Å²) in [6.45, 7) is 0. The van der Waals surface area contributed by atoms with Crippen LogP contribution >= 0.6 is 0 Å².